The molecule has 0 fully saturated rings. The van der Waals surface area contributed by atoms with E-state index in [-0.39, 0.29) is 0 Å². The summed E-state index contributed by atoms with van der Waals surface area (Å²) < 4.78 is 13.7. The van der Waals surface area contributed by atoms with Gasteiger partial charge in [0.05, 0.1) is 16.7 Å². The van der Waals surface area contributed by atoms with Gasteiger partial charge in [0.1, 0.15) is 11.2 Å². The van der Waals surface area contributed by atoms with Crippen molar-refractivity contribution in [3.05, 3.63) is 212 Å². The van der Waals surface area contributed by atoms with Crippen LogP contribution in [0.2, 0.25) is 0 Å². The normalized spacial score (nSPS) is 12.0. The van der Waals surface area contributed by atoms with Crippen LogP contribution in [0, 0.1) is 0 Å². The molecule has 60 heavy (non-hydrogen) atoms. The first-order valence-corrected chi connectivity index (χ1v) is 20.5. The number of furan rings is 1. The van der Waals surface area contributed by atoms with Crippen LogP contribution in [0.15, 0.2) is 217 Å². The summed E-state index contributed by atoms with van der Waals surface area (Å²) in [6.45, 7) is 0. The fraction of sp³-hybridized carbons (Fsp3) is 0. The molecule has 3 aromatic heterocycles. The molecule has 0 spiro atoms. The molecule has 0 aliphatic rings. The zero-order valence-corrected chi connectivity index (χ0v) is 32.5. The van der Waals surface area contributed by atoms with E-state index in [4.69, 9.17) is 4.42 Å². The van der Waals surface area contributed by atoms with Crippen LogP contribution in [0.25, 0.3) is 115 Å². The van der Waals surface area contributed by atoms with Crippen molar-refractivity contribution in [1.82, 2.24) is 13.7 Å². The fourth-order valence-electron chi connectivity index (χ4n) is 9.71. The van der Waals surface area contributed by atoms with Crippen LogP contribution in [0.5, 0.6) is 0 Å². The van der Waals surface area contributed by atoms with Crippen LogP contribution in [0.4, 0.5) is 0 Å². The average molecular weight is 766 g/mol. The van der Waals surface area contributed by atoms with Crippen molar-refractivity contribution in [1.29, 1.82) is 0 Å². The first kappa shape index (κ1) is 32.9. The van der Waals surface area contributed by atoms with Gasteiger partial charge in [0.25, 0.3) is 0 Å². The molecule has 0 atom stereocenters. The van der Waals surface area contributed by atoms with Gasteiger partial charge in [-0.3, -0.25) is 0 Å². The lowest BCUT2D eigenvalue weighted by atomic mass is 10.0. The molecular weight excluding hydrogens is 731 g/mol. The van der Waals surface area contributed by atoms with Crippen molar-refractivity contribution in [3.8, 4) is 17.1 Å². The highest BCUT2D eigenvalue weighted by atomic mass is 16.3. The summed E-state index contributed by atoms with van der Waals surface area (Å²) in [4.78, 5) is 0. The number of fused-ring (bicyclic) bond motifs is 13. The number of hydrogen-bond acceptors (Lipinski definition) is 1. The molecule has 4 nitrogen and oxygen atoms in total. The molecule has 0 unspecified atom stereocenters. The average Bonchev–Trinajstić information content (AvgIpc) is 3.85. The second kappa shape index (κ2) is 12.7. The maximum Gasteiger partial charge on any atom is 0.137 e. The van der Waals surface area contributed by atoms with Crippen molar-refractivity contribution in [3.63, 3.8) is 0 Å². The third kappa shape index (κ3) is 4.91. The third-order valence-corrected chi connectivity index (χ3v) is 12.4. The van der Waals surface area contributed by atoms with Gasteiger partial charge in [-0.05, 0) is 123 Å². The van der Waals surface area contributed by atoms with Gasteiger partial charge >= 0.3 is 0 Å². The number of rotatable bonds is 3. The highest BCUT2D eigenvalue weighted by molar-refractivity contribution is 6.13. The molecule has 280 valence electrons. The molecule has 0 radical (unpaired) electrons. The van der Waals surface area contributed by atoms with Crippen molar-refractivity contribution >= 4 is 98.1 Å². The Kier molecular flexibility index (Phi) is 6.98. The lowest BCUT2D eigenvalue weighted by Gasteiger charge is -2.17. The summed E-state index contributed by atoms with van der Waals surface area (Å²) in [5, 5.41) is 11.7. The topological polar surface area (TPSA) is 27.9 Å². The molecule has 10 aromatic carbocycles. The molecule has 4 heteroatoms. The monoisotopic (exact) mass is 765 g/mol. The van der Waals surface area contributed by atoms with Crippen molar-refractivity contribution in [2.45, 2.75) is 0 Å². The number of hydrogen-bond donors (Lipinski definition) is 0. The Labute approximate surface area is 344 Å². The van der Waals surface area contributed by atoms with E-state index in [9.17, 15) is 0 Å². The Hall–Kier alpha value is -8.08. The molecule has 0 aliphatic carbocycles. The Morgan fingerprint density at radius 2 is 0.867 bits per heavy atom. The Balaban J connectivity index is 1.19. The van der Waals surface area contributed by atoms with E-state index in [0.717, 1.165) is 77.4 Å². The molecular formula is C56H35N3O. The first-order chi connectivity index (χ1) is 29.7. The minimum absolute atomic E-state index is 0.870. The predicted molar refractivity (Wildman–Crippen MR) is 252 cm³/mol. The van der Waals surface area contributed by atoms with Crippen LogP contribution >= 0.6 is 0 Å². The zero-order valence-electron chi connectivity index (χ0n) is 32.5. The Morgan fingerprint density at radius 1 is 0.283 bits per heavy atom. The van der Waals surface area contributed by atoms with Crippen molar-refractivity contribution < 1.29 is 4.42 Å². The standard InChI is InChI=1S/C56H35N3O/c1-2-13-40(14-3-1)59-52-20-6-4-17-46(52)49-19-10-21-53(56(49)59)58-42-16-9-12-39(32-42)38-11-8-15-41(31-38)57(45-29-30-48-47-18-5-7-22-54(47)60-55(48)35-45)43-27-25-36-23-24-37-26-28-44(58)34-51(37)50(36)33-43/h1-35H. The lowest BCUT2D eigenvalue weighted by molar-refractivity contribution is 0.668. The lowest BCUT2D eigenvalue weighted by Crippen LogP contribution is -2.02. The molecule has 0 saturated carbocycles. The highest BCUT2D eigenvalue weighted by Crippen LogP contribution is 2.38. The molecule has 0 saturated heterocycles. The van der Waals surface area contributed by atoms with Gasteiger partial charge in [0, 0.05) is 61.1 Å². The first-order valence-electron chi connectivity index (χ1n) is 20.5. The number of aromatic nitrogens is 3. The number of nitrogens with zero attached hydrogens (tertiary/aromatic N) is 3. The summed E-state index contributed by atoms with van der Waals surface area (Å²) in [5.74, 6) is 0. The molecule has 3 heterocycles. The second-order valence-corrected chi connectivity index (χ2v) is 15.8. The second-order valence-electron chi connectivity index (χ2n) is 15.8. The maximum absolute atomic E-state index is 6.45. The Morgan fingerprint density at radius 3 is 1.63 bits per heavy atom. The van der Waals surface area contributed by atoms with E-state index < -0.39 is 0 Å². The molecule has 13 aromatic rings. The van der Waals surface area contributed by atoms with E-state index in [1.807, 2.05) is 12.1 Å². The summed E-state index contributed by atoms with van der Waals surface area (Å²) in [5.41, 5.74) is 11.7. The number of para-hydroxylation sites is 4. The minimum Gasteiger partial charge on any atom is -0.456 e. The SMILES string of the molecule is c1ccc(-n2c3ccccc3c3cccc(-n4c5cccc(c5)c5cccc(c5)n(-c5ccc6c(c5)oc5ccccc56)c5ccc6ccc7ccc4cc7c6c5)c32)cc1. The van der Waals surface area contributed by atoms with Crippen molar-refractivity contribution in [2.24, 2.45) is 0 Å². The third-order valence-electron chi connectivity index (χ3n) is 12.4. The van der Waals surface area contributed by atoms with E-state index in [2.05, 4.69) is 214 Å². The summed E-state index contributed by atoms with van der Waals surface area (Å²) in [7, 11) is 0. The minimum atomic E-state index is 0.870. The largest absolute Gasteiger partial charge is 0.456 e. The van der Waals surface area contributed by atoms with Crippen LogP contribution in [-0.2, 0) is 0 Å². The van der Waals surface area contributed by atoms with E-state index in [1.54, 1.807) is 0 Å². The molecule has 13 rings (SSSR count). The van der Waals surface area contributed by atoms with Gasteiger partial charge in [-0.2, -0.15) is 0 Å². The van der Waals surface area contributed by atoms with Crippen molar-refractivity contribution in [2.75, 3.05) is 0 Å². The van der Waals surface area contributed by atoms with Crippen LogP contribution in [0.3, 0.4) is 0 Å². The maximum atomic E-state index is 6.45. The number of benzene rings is 10. The molecule has 0 aliphatic heterocycles. The Bertz CT molecular complexity index is 3950. The van der Waals surface area contributed by atoms with E-state index >= 15 is 0 Å². The molecule has 8 bridgehead atoms. The van der Waals surface area contributed by atoms with Gasteiger partial charge in [0.2, 0.25) is 0 Å². The fourth-order valence-corrected chi connectivity index (χ4v) is 9.71. The van der Waals surface area contributed by atoms with Crippen LogP contribution < -0.4 is 0 Å². The highest BCUT2D eigenvalue weighted by Gasteiger charge is 2.18. The quantitative estimate of drug-likeness (QED) is 0.165. The predicted octanol–water partition coefficient (Wildman–Crippen LogP) is 15.2. The van der Waals surface area contributed by atoms with E-state index in [0.29, 0.717) is 0 Å². The van der Waals surface area contributed by atoms with Gasteiger partial charge in [-0.25, -0.2) is 0 Å². The summed E-state index contributed by atoms with van der Waals surface area (Å²) >= 11 is 0. The van der Waals surface area contributed by atoms with Gasteiger partial charge in [-0.1, -0.05) is 115 Å². The summed E-state index contributed by atoms with van der Waals surface area (Å²) in [6.07, 6.45) is 0. The smallest absolute Gasteiger partial charge is 0.137 e. The van der Waals surface area contributed by atoms with Gasteiger partial charge < -0.3 is 18.1 Å². The van der Waals surface area contributed by atoms with Crippen LogP contribution in [0.1, 0.15) is 0 Å². The van der Waals surface area contributed by atoms with Gasteiger partial charge in [-0.15, -0.1) is 0 Å². The van der Waals surface area contributed by atoms with Gasteiger partial charge in [0.15, 0.2) is 0 Å². The summed E-state index contributed by atoms with van der Waals surface area (Å²) in [6, 6.07) is 77.4. The molecule has 0 N–H and O–H groups in total. The molecule has 0 amide bonds. The van der Waals surface area contributed by atoms with Crippen LogP contribution in [-0.4, -0.2) is 13.7 Å². The zero-order chi connectivity index (χ0) is 39.3. The van der Waals surface area contributed by atoms with E-state index in [1.165, 1.54) is 37.8 Å².